The van der Waals surface area contributed by atoms with Crippen molar-refractivity contribution in [3.05, 3.63) is 182 Å². The van der Waals surface area contributed by atoms with E-state index in [1.165, 1.54) is 37.7 Å². The third kappa shape index (κ3) is 4.64. The van der Waals surface area contributed by atoms with Crippen LogP contribution in [-0.4, -0.2) is 19.5 Å². The van der Waals surface area contributed by atoms with Gasteiger partial charge in [-0.1, -0.05) is 140 Å². The zero-order valence-corrected chi connectivity index (χ0v) is 30.0. The van der Waals surface area contributed by atoms with E-state index in [9.17, 15) is 0 Å². The quantitative estimate of drug-likeness (QED) is 0.182. The minimum atomic E-state index is 0.598. The molecule has 0 unspecified atom stereocenters. The van der Waals surface area contributed by atoms with E-state index in [0.29, 0.717) is 17.5 Å². The highest BCUT2D eigenvalue weighted by Crippen LogP contribution is 2.42. The summed E-state index contributed by atoms with van der Waals surface area (Å²) in [4.78, 5) is 15.3. The van der Waals surface area contributed by atoms with Crippen LogP contribution in [0.25, 0.3) is 116 Å². The van der Waals surface area contributed by atoms with Crippen LogP contribution in [0.3, 0.4) is 0 Å². The largest absolute Gasteiger partial charge is 0.456 e. The molecule has 5 heteroatoms. The molecule has 0 bridgehead atoms. The average Bonchev–Trinajstić information content (AvgIpc) is 3.82. The lowest BCUT2D eigenvalue weighted by Gasteiger charge is -2.10. The van der Waals surface area contributed by atoms with Crippen LogP contribution >= 0.6 is 0 Å². The van der Waals surface area contributed by atoms with Gasteiger partial charge in [0.2, 0.25) is 0 Å². The minimum absolute atomic E-state index is 0.598. The van der Waals surface area contributed by atoms with Gasteiger partial charge in [-0.3, -0.25) is 0 Å². The van der Waals surface area contributed by atoms with E-state index >= 15 is 0 Å². The van der Waals surface area contributed by atoms with Gasteiger partial charge in [0.05, 0.1) is 11.0 Å². The predicted octanol–water partition coefficient (Wildman–Crippen LogP) is 13.3. The third-order valence-corrected chi connectivity index (χ3v) is 11.2. The van der Waals surface area contributed by atoms with E-state index in [2.05, 4.69) is 144 Å². The Balaban J connectivity index is 1.08. The summed E-state index contributed by atoms with van der Waals surface area (Å²) in [5.74, 6) is 1.84. The normalized spacial score (nSPS) is 11.9. The van der Waals surface area contributed by atoms with E-state index in [1.807, 2.05) is 42.5 Å². The van der Waals surface area contributed by atoms with Crippen molar-refractivity contribution in [3.8, 4) is 39.9 Å². The molecule has 0 aliphatic heterocycles. The number of fused-ring (bicyclic) bond motifs is 11. The van der Waals surface area contributed by atoms with Crippen LogP contribution < -0.4 is 0 Å². The maximum Gasteiger partial charge on any atom is 0.164 e. The molecule has 0 fully saturated rings. The molecular weight excluding hydrogens is 685 g/mol. The minimum Gasteiger partial charge on any atom is -0.456 e. The van der Waals surface area contributed by atoms with Crippen molar-refractivity contribution in [2.45, 2.75) is 0 Å². The van der Waals surface area contributed by atoms with Gasteiger partial charge in [0.1, 0.15) is 11.2 Å². The highest BCUT2D eigenvalue weighted by molar-refractivity contribution is 6.28. The fourth-order valence-corrected chi connectivity index (χ4v) is 8.64. The Labute approximate surface area is 320 Å². The second-order valence-corrected chi connectivity index (χ2v) is 14.4. The van der Waals surface area contributed by atoms with Gasteiger partial charge in [0.15, 0.2) is 17.5 Å². The Morgan fingerprint density at radius 3 is 1.70 bits per heavy atom. The maximum absolute atomic E-state index is 6.71. The smallest absolute Gasteiger partial charge is 0.164 e. The van der Waals surface area contributed by atoms with Crippen LogP contribution in [-0.2, 0) is 0 Å². The summed E-state index contributed by atoms with van der Waals surface area (Å²) in [5, 5.41) is 11.7. The summed E-state index contributed by atoms with van der Waals surface area (Å²) in [6.07, 6.45) is 0. The molecule has 9 aromatic carbocycles. The number of hydrogen-bond acceptors (Lipinski definition) is 4. The zero-order valence-electron chi connectivity index (χ0n) is 30.0. The molecule has 3 heterocycles. The summed E-state index contributed by atoms with van der Waals surface area (Å²) in [7, 11) is 0. The van der Waals surface area contributed by atoms with Crippen LogP contribution in [0.15, 0.2) is 186 Å². The van der Waals surface area contributed by atoms with Crippen LogP contribution in [0.5, 0.6) is 0 Å². The summed E-state index contributed by atoms with van der Waals surface area (Å²) in [6.45, 7) is 0. The standard InChI is InChI=1S/C51H30N4O/c1-2-14-34(15-3-1)49-52-50(36-22-21-31-11-4-5-16-35(31)29-36)54-51(53-49)41-19-10-20-44-46(41)40-26-25-37(30-45(40)56-44)55-42-27-23-32-12-6-8-17-38(32)47(42)48-39-18-9-7-13-33(39)24-28-43(48)55/h1-30H. The topological polar surface area (TPSA) is 56.7 Å². The van der Waals surface area contributed by atoms with Crippen molar-refractivity contribution in [1.29, 1.82) is 0 Å². The first-order valence-electron chi connectivity index (χ1n) is 18.9. The van der Waals surface area contributed by atoms with E-state index in [4.69, 9.17) is 19.4 Å². The van der Waals surface area contributed by atoms with Crippen molar-refractivity contribution in [2.24, 2.45) is 0 Å². The van der Waals surface area contributed by atoms with Crippen LogP contribution in [0.4, 0.5) is 0 Å². The van der Waals surface area contributed by atoms with Gasteiger partial charge in [0, 0.05) is 50.0 Å². The molecule has 0 aliphatic rings. The van der Waals surface area contributed by atoms with Gasteiger partial charge >= 0.3 is 0 Å². The molecule has 5 nitrogen and oxygen atoms in total. The Bertz CT molecular complexity index is 3450. The molecule has 56 heavy (non-hydrogen) atoms. The molecule has 0 atom stereocenters. The molecule has 0 radical (unpaired) electrons. The van der Waals surface area contributed by atoms with Crippen LogP contribution in [0, 0.1) is 0 Å². The van der Waals surface area contributed by atoms with Gasteiger partial charge < -0.3 is 8.98 Å². The van der Waals surface area contributed by atoms with Crippen LogP contribution in [0.2, 0.25) is 0 Å². The molecule has 12 aromatic rings. The monoisotopic (exact) mass is 714 g/mol. The molecule has 0 amide bonds. The molecule has 0 aliphatic carbocycles. The van der Waals surface area contributed by atoms with Crippen molar-refractivity contribution in [3.63, 3.8) is 0 Å². The van der Waals surface area contributed by atoms with Gasteiger partial charge in [-0.15, -0.1) is 0 Å². The Kier molecular flexibility index (Phi) is 6.56. The molecule has 260 valence electrons. The molecule has 12 rings (SSSR count). The fraction of sp³-hybridized carbons (Fsp3) is 0. The summed E-state index contributed by atoms with van der Waals surface area (Å²) < 4.78 is 9.09. The lowest BCUT2D eigenvalue weighted by Crippen LogP contribution is -2.00. The lowest BCUT2D eigenvalue weighted by atomic mass is 10.00. The van der Waals surface area contributed by atoms with Gasteiger partial charge in [0.25, 0.3) is 0 Å². The van der Waals surface area contributed by atoms with Gasteiger partial charge in [-0.25, -0.2) is 15.0 Å². The van der Waals surface area contributed by atoms with Gasteiger partial charge in [-0.2, -0.15) is 0 Å². The van der Waals surface area contributed by atoms with Crippen molar-refractivity contribution < 1.29 is 4.42 Å². The van der Waals surface area contributed by atoms with E-state index in [1.54, 1.807) is 0 Å². The maximum atomic E-state index is 6.71. The first-order chi connectivity index (χ1) is 27.7. The molecule has 3 aromatic heterocycles. The second-order valence-electron chi connectivity index (χ2n) is 14.4. The summed E-state index contributed by atoms with van der Waals surface area (Å²) >= 11 is 0. The van der Waals surface area contributed by atoms with E-state index < -0.39 is 0 Å². The van der Waals surface area contributed by atoms with Crippen LogP contribution in [0.1, 0.15) is 0 Å². The number of furan rings is 1. The number of benzene rings is 9. The molecule has 0 saturated heterocycles. The Morgan fingerprint density at radius 2 is 0.964 bits per heavy atom. The van der Waals surface area contributed by atoms with E-state index in [-0.39, 0.29) is 0 Å². The fourth-order valence-electron chi connectivity index (χ4n) is 8.64. The van der Waals surface area contributed by atoms with Crippen molar-refractivity contribution in [2.75, 3.05) is 0 Å². The Hall–Kier alpha value is -7.63. The van der Waals surface area contributed by atoms with E-state index in [0.717, 1.165) is 60.7 Å². The van der Waals surface area contributed by atoms with Crippen molar-refractivity contribution >= 4 is 76.1 Å². The number of hydrogen-bond donors (Lipinski definition) is 0. The molecule has 0 saturated carbocycles. The van der Waals surface area contributed by atoms with Crippen molar-refractivity contribution in [1.82, 2.24) is 19.5 Å². The molecule has 0 spiro atoms. The molecule has 0 N–H and O–H groups in total. The average molecular weight is 715 g/mol. The predicted molar refractivity (Wildman–Crippen MR) is 230 cm³/mol. The first kappa shape index (κ1) is 30.8. The number of rotatable bonds is 4. The SMILES string of the molecule is c1ccc(-c2nc(-c3ccc4ccccc4c3)nc(-c3cccc4oc5cc(-n6c7ccc8ccccc8c7c7c8ccccc8ccc76)ccc5c34)n2)cc1. The highest BCUT2D eigenvalue weighted by atomic mass is 16.3. The second kappa shape index (κ2) is 11.9. The summed E-state index contributed by atoms with van der Waals surface area (Å²) in [5.41, 5.74) is 7.69. The molecular formula is C51H30N4O. The zero-order chi connectivity index (χ0) is 36.7. The highest BCUT2D eigenvalue weighted by Gasteiger charge is 2.21. The summed E-state index contributed by atoms with van der Waals surface area (Å²) in [6, 6.07) is 63.9. The number of nitrogens with zero attached hydrogens (tertiary/aromatic N) is 4. The third-order valence-electron chi connectivity index (χ3n) is 11.2. The number of aromatic nitrogens is 4. The van der Waals surface area contributed by atoms with Gasteiger partial charge in [-0.05, 0) is 68.7 Å². The Morgan fingerprint density at radius 1 is 0.357 bits per heavy atom. The lowest BCUT2D eigenvalue weighted by molar-refractivity contribution is 0.668. The first-order valence-corrected chi connectivity index (χ1v) is 18.9.